The summed E-state index contributed by atoms with van der Waals surface area (Å²) in [7, 11) is -3.48. The normalized spacial score (nSPS) is 11.9. The number of rotatable bonds is 8. The van der Waals surface area contributed by atoms with Gasteiger partial charge in [0.2, 0.25) is 10.0 Å². The van der Waals surface area contributed by atoms with Crippen LogP contribution >= 0.6 is 0 Å². The highest BCUT2D eigenvalue weighted by atomic mass is 32.2. The topological polar surface area (TPSA) is 81.4 Å². The van der Waals surface area contributed by atoms with E-state index in [1.165, 1.54) is 12.1 Å². The van der Waals surface area contributed by atoms with Gasteiger partial charge in [0.1, 0.15) is 5.75 Å². The van der Waals surface area contributed by atoms with Crippen LogP contribution in [0.2, 0.25) is 0 Å². The lowest BCUT2D eigenvalue weighted by molar-refractivity contribution is 0.317. The first-order valence-corrected chi connectivity index (χ1v) is 7.66. The third kappa shape index (κ3) is 5.42. The minimum absolute atomic E-state index is 0.220. The Labute approximate surface area is 114 Å². The molecule has 0 aliphatic carbocycles. The van der Waals surface area contributed by atoms with Gasteiger partial charge in [0.15, 0.2) is 0 Å². The monoisotopic (exact) mass is 284 g/mol. The second-order valence-corrected chi connectivity index (χ2v) is 5.65. The fraction of sp³-hybridized carbons (Fsp3) is 0.385. The zero-order valence-corrected chi connectivity index (χ0v) is 11.8. The van der Waals surface area contributed by atoms with Crippen LogP contribution in [0.3, 0.4) is 0 Å². The lowest BCUT2D eigenvalue weighted by atomic mass is 10.3. The van der Waals surface area contributed by atoms with E-state index in [1.807, 2.05) is 6.92 Å². The number of nitrogens with two attached hydrogens (primary N) is 1. The van der Waals surface area contributed by atoms with Gasteiger partial charge in [-0.05, 0) is 30.7 Å². The fourth-order valence-corrected chi connectivity index (χ4v) is 2.33. The molecule has 1 aromatic rings. The Kier molecular flexibility index (Phi) is 6.55. The number of sulfonamides is 1. The average Bonchev–Trinajstić information content (AvgIpc) is 2.42. The molecule has 5 nitrogen and oxygen atoms in total. The minimum atomic E-state index is -3.48. The third-order valence-corrected chi connectivity index (χ3v) is 3.74. The molecule has 106 valence electrons. The Bertz CT molecular complexity index is 495. The van der Waals surface area contributed by atoms with Crippen molar-refractivity contribution in [3.63, 3.8) is 0 Å². The minimum Gasteiger partial charge on any atom is -0.494 e. The van der Waals surface area contributed by atoms with Gasteiger partial charge in [-0.3, -0.25) is 0 Å². The number of benzene rings is 1. The lowest BCUT2D eigenvalue weighted by Crippen LogP contribution is -2.23. The molecule has 6 heteroatoms. The molecule has 0 unspecified atom stereocenters. The van der Waals surface area contributed by atoms with Crippen LogP contribution < -0.4 is 15.2 Å². The molecular weight excluding hydrogens is 264 g/mol. The molecule has 0 aromatic heterocycles. The van der Waals surface area contributed by atoms with E-state index in [4.69, 9.17) is 10.5 Å². The number of hydrogen-bond acceptors (Lipinski definition) is 4. The Morgan fingerprint density at radius 3 is 2.53 bits per heavy atom. The Balaban J connectivity index is 2.65. The van der Waals surface area contributed by atoms with Crippen LogP contribution in [-0.2, 0) is 10.0 Å². The maximum absolute atomic E-state index is 11.9. The Morgan fingerprint density at radius 1 is 1.26 bits per heavy atom. The molecule has 1 aromatic carbocycles. The lowest BCUT2D eigenvalue weighted by Gasteiger charge is -2.07. The molecule has 3 N–H and O–H groups in total. The standard InChI is InChI=1S/C13H20N2O3S/c1-2-11-18-12-5-7-13(8-6-12)19(16,17)15-10-4-3-9-14/h3-8,15H,2,9-11,14H2,1H3/b4-3+. The molecular formula is C13H20N2O3S. The molecule has 0 heterocycles. The zero-order valence-electron chi connectivity index (χ0n) is 11.0. The first kappa shape index (κ1) is 15.7. The fourth-order valence-electron chi connectivity index (χ4n) is 1.36. The highest BCUT2D eigenvalue weighted by Gasteiger charge is 2.12. The molecule has 0 radical (unpaired) electrons. The van der Waals surface area contributed by atoms with Crippen LogP contribution in [0.15, 0.2) is 41.3 Å². The number of hydrogen-bond donors (Lipinski definition) is 2. The highest BCUT2D eigenvalue weighted by molar-refractivity contribution is 7.89. The van der Waals surface area contributed by atoms with Crippen molar-refractivity contribution in [2.24, 2.45) is 5.73 Å². The van der Waals surface area contributed by atoms with Crippen LogP contribution in [0, 0.1) is 0 Å². The summed E-state index contributed by atoms with van der Waals surface area (Å²) >= 11 is 0. The summed E-state index contributed by atoms with van der Waals surface area (Å²) in [6.45, 7) is 3.25. The van der Waals surface area contributed by atoms with Gasteiger partial charge in [0.05, 0.1) is 11.5 Å². The van der Waals surface area contributed by atoms with Crippen LogP contribution in [-0.4, -0.2) is 28.1 Å². The molecule has 0 fully saturated rings. The summed E-state index contributed by atoms with van der Waals surface area (Å²) < 4.78 is 31.7. The van der Waals surface area contributed by atoms with Gasteiger partial charge in [0, 0.05) is 13.1 Å². The summed E-state index contributed by atoms with van der Waals surface area (Å²) in [5, 5.41) is 0. The van der Waals surface area contributed by atoms with Crippen molar-refractivity contribution in [3.8, 4) is 5.75 Å². The first-order chi connectivity index (χ1) is 9.10. The first-order valence-electron chi connectivity index (χ1n) is 6.17. The number of ether oxygens (including phenoxy) is 1. The van der Waals surface area contributed by atoms with Crippen LogP contribution in [0.4, 0.5) is 0 Å². The smallest absolute Gasteiger partial charge is 0.240 e. The van der Waals surface area contributed by atoms with Crippen molar-refractivity contribution in [2.75, 3.05) is 19.7 Å². The molecule has 0 saturated carbocycles. The van der Waals surface area contributed by atoms with E-state index < -0.39 is 10.0 Å². The Hall–Kier alpha value is -1.37. The quantitative estimate of drug-likeness (QED) is 0.704. The summed E-state index contributed by atoms with van der Waals surface area (Å²) in [6.07, 6.45) is 4.29. The van der Waals surface area contributed by atoms with Crippen molar-refractivity contribution in [1.29, 1.82) is 0 Å². The van der Waals surface area contributed by atoms with E-state index in [2.05, 4.69) is 4.72 Å². The van der Waals surface area contributed by atoms with Crippen LogP contribution in [0.5, 0.6) is 5.75 Å². The van der Waals surface area contributed by atoms with E-state index in [1.54, 1.807) is 24.3 Å². The molecule has 0 bridgehead atoms. The maximum Gasteiger partial charge on any atom is 0.240 e. The molecule has 0 amide bonds. The van der Waals surface area contributed by atoms with Crippen LogP contribution in [0.25, 0.3) is 0 Å². The zero-order chi connectivity index (χ0) is 14.1. The average molecular weight is 284 g/mol. The van der Waals surface area contributed by atoms with E-state index >= 15 is 0 Å². The summed E-state index contributed by atoms with van der Waals surface area (Å²) in [5.41, 5.74) is 5.27. The molecule has 19 heavy (non-hydrogen) atoms. The van der Waals surface area contributed by atoms with Gasteiger partial charge in [-0.1, -0.05) is 19.1 Å². The van der Waals surface area contributed by atoms with E-state index in [0.717, 1.165) is 6.42 Å². The number of nitrogens with one attached hydrogen (secondary N) is 1. The van der Waals surface area contributed by atoms with Crippen molar-refractivity contribution >= 4 is 10.0 Å². The van der Waals surface area contributed by atoms with Crippen molar-refractivity contribution < 1.29 is 13.2 Å². The van der Waals surface area contributed by atoms with E-state index in [9.17, 15) is 8.42 Å². The van der Waals surface area contributed by atoms with Gasteiger partial charge in [-0.2, -0.15) is 0 Å². The molecule has 0 aliphatic heterocycles. The highest BCUT2D eigenvalue weighted by Crippen LogP contribution is 2.15. The molecule has 0 saturated heterocycles. The molecule has 0 aliphatic rings. The predicted octanol–water partition coefficient (Wildman–Crippen LogP) is 1.27. The maximum atomic E-state index is 11.9. The van der Waals surface area contributed by atoms with Gasteiger partial charge in [-0.15, -0.1) is 0 Å². The van der Waals surface area contributed by atoms with Gasteiger partial charge in [-0.25, -0.2) is 13.1 Å². The van der Waals surface area contributed by atoms with Gasteiger partial charge >= 0.3 is 0 Å². The van der Waals surface area contributed by atoms with Crippen molar-refractivity contribution in [3.05, 3.63) is 36.4 Å². The van der Waals surface area contributed by atoms with Crippen molar-refractivity contribution in [2.45, 2.75) is 18.2 Å². The SMILES string of the molecule is CCCOc1ccc(S(=O)(=O)NC/C=C/CN)cc1. The van der Waals surface area contributed by atoms with Crippen molar-refractivity contribution in [1.82, 2.24) is 4.72 Å². The molecule has 1 rings (SSSR count). The largest absolute Gasteiger partial charge is 0.494 e. The second-order valence-electron chi connectivity index (χ2n) is 3.88. The summed E-state index contributed by atoms with van der Waals surface area (Å²) in [6, 6.07) is 6.36. The van der Waals surface area contributed by atoms with Crippen LogP contribution in [0.1, 0.15) is 13.3 Å². The Morgan fingerprint density at radius 2 is 1.95 bits per heavy atom. The summed E-state index contributed by atoms with van der Waals surface area (Å²) in [4.78, 5) is 0.220. The predicted molar refractivity (Wildman–Crippen MR) is 75.6 cm³/mol. The molecule has 0 atom stereocenters. The molecule has 0 spiro atoms. The van der Waals surface area contributed by atoms with Gasteiger partial charge in [0.25, 0.3) is 0 Å². The van der Waals surface area contributed by atoms with E-state index in [-0.39, 0.29) is 11.4 Å². The third-order valence-electron chi connectivity index (χ3n) is 2.30. The van der Waals surface area contributed by atoms with Gasteiger partial charge < -0.3 is 10.5 Å². The summed E-state index contributed by atoms with van der Waals surface area (Å²) in [5.74, 6) is 0.670. The van der Waals surface area contributed by atoms with E-state index in [0.29, 0.717) is 18.9 Å². The second kappa shape index (κ2) is 7.93.